The standard InChI is InChI=1S/C14H10ClFO2S/c15-11-4-6-13-10(7-11)2-1-9-3-5-12(16)8-14(9)19(13,17)18/h3-8H,1-2H2. The molecule has 98 valence electrons. The third-order valence-electron chi connectivity index (χ3n) is 3.29. The van der Waals surface area contributed by atoms with Gasteiger partial charge in [0.2, 0.25) is 9.84 Å². The quantitative estimate of drug-likeness (QED) is 0.746. The van der Waals surface area contributed by atoms with E-state index >= 15 is 0 Å². The predicted octanol–water partition coefficient (Wildman–Crippen LogP) is 3.41. The number of hydrogen-bond donors (Lipinski definition) is 0. The van der Waals surface area contributed by atoms with Crippen LogP contribution in [0.3, 0.4) is 0 Å². The summed E-state index contributed by atoms with van der Waals surface area (Å²) in [6.45, 7) is 0. The third-order valence-corrected chi connectivity index (χ3v) is 5.47. The van der Waals surface area contributed by atoms with Crippen LogP contribution in [-0.2, 0) is 22.7 Å². The molecule has 0 N–H and O–H groups in total. The summed E-state index contributed by atoms with van der Waals surface area (Å²) >= 11 is 5.90. The van der Waals surface area contributed by atoms with Crippen LogP contribution >= 0.6 is 11.6 Å². The summed E-state index contributed by atoms with van der Waals surface area (Å²) in [7, 11) is -3.68. The first-order valence-electron chi connectivity index (χ1n) is 5.80. The van der Waals surface area contributed by atoms with E-state index in [9.17, 15) is 12.8 Å². The lowest BCUT2D eigenvalue weighted by atomic mass is 10.0. The van der Waals surface area contributed by atoms with E-state index in [0.717, 1.165) is 6.07 Å². The van der Waals surface area contributed by atoms with Crippen molar-refractivity contribution in [3.05, 3.63) is 58.4 Å². The normalized spacial score (nSPS) is 16.3. The Morgan fingerprint density at radius 3 is 2.47 bits per heavy atom. The number of fused-ring (bicyclic) bond motifs is 2. The summed E-state index contributed by atoms with van der Waals surface area (Å²) in [6.07, 6.45) is 1.13. The fourth-order valence-electron chi connectivity index (χ4n) is 2.38. The van der Waals surface area contributed by atoms with Crippen LogP contribution in [0.25, 0.3) is 0 Å². The van der Waals surface area contributed by atoms with E-state index < -0.39 is 15.7 Å². The fourth-order valence-corrected chi connectivity index (χ4v) is 4.35. The topological polar surface area (TPSA) is 34.1 Å². The van der Waals surface area contributed by atoms with Gasteiger partial charge in [-0.15, -0.1) is 0 Å². The summed E-state index contributed by atoms with van der Waals surface area (Å²) in [5.41, 5.74) is 1.33. The molecule has 2 aromatic rings. The molecule has 19 heavy (non-hydrogen) atoms. The summed E-state index contributed by atoms with van der Waals surface area (Å²) in [5.74, 6) is -0.542. The van der Waals surface area contributed by atoms with E-state index in [1.54, 1.807) is 12.1 Å². The highest BCUT2D eigenvalue weighted by atomic mass is 35.5. The Morgan fingerprint density at radius 2 is 1.68 bits per heavy atom. The second-order valence-electron chi connectivity index (χ2n) is 4.51. The van der Waals surface area contributed by atoms with E-state index in [4.69, 9.17) is 11.6 Å². The molecule has 1 aliphatic rings. The van der Waals surface area contributed by atoms with Crippen LogP contribution in [0.4, 0.5) is 4.39 Å². The van der Waals surface area contributed by atoms with Gasteiger partial charge in [0, 0.05) is 5.02 Å². The highest BCUT2D eigenvalue weighted by Gasteiger charge is 2.27. The molecule has 0 amide bonds. The molecule has 5 heteroatoms. The average Bonchev–Trinajstić information content (AvgIpc) is 2.46. The van der Waals surface area contributed by atoms with Gasteiger partial charge in [-0.05, 0) is 54.3 Å². The summed E-state index contributed by atoms with van der Waals surface area (Å²) < 4.78 is 38.5. The number of halogens is 2. The van der Waals surface area contributed by atoms with Gasteiger partial charge < -0.3 is 0 Å². The minimum Gasteiger partial charge on any atom is -0.218 e. The van der Waals surface area contributed by atoms with Crippen molar-refractivity contribution in [1.29, 1.82) is 0 Å². The third kappa shape index (κ3) is 2.05. The second-order valence-corrected chi connectivity index (χ2v) is 6.83. The van der Waals surface area contributed by atoms with Crippen molar-refractivity contribution < 1.29 is 12.8 Å². The highest BCUT2D eigenvalue weighted by molar-refractivity contribution is 7.91. The molecule has 1 aliphatic heterocycles. The second kappa shape index (κ2) is 4.32. The molecule has 0 unspecified atom stereocenters. The van der Waals surface area contributed by atoms with Crippen molar-refractivity contribution in [3.8, 4) is 0 Å². The number of aryl methyl sites for hydroxylation is 2. The van der Waals surface area contributed by atoms with Crippen LogP contribution in [0.5, 0.6) is 0 Å². The Bertz CT molecular complexity index is 769. The van der Waals surface area contributed by atoms with Crippen molar-refractivity contribution in [2.45, 2.75) is 22.6 Å². The van der Waals surface area contributed by atoms with Crippen molar-refractivity contribution in [3.63, 3.8) is 0 Å². The van der Waals surface area contributed by atoms with Crippen LogP contribution in [0.2, 0.25) is 5.02 Å². The van der Waals surface area contributed by atoms with Gasteiger partial charge in [0.15, 0.2) is 0 Å². The molecule has 1 heterocycles. The zero-order valence-corrected chi connectivity index (χ0v) is 11.4. The molecule has 0 saturated carbocycles. The monoisotopic (exact) mass is 296 g/mol. The summed E-state index contributed by atoms with van der Waals surface area (Å²) in [5, 5.41) is 0.506. The highest BCUT2D eigenvalue weighted by Crippen LogP contribution is 2.33. The lowest BCUT2D eigenvalue weighted by Crippen LogP contribution is -2.05. The SMILES string of the molecule is O=S1(=O)c2ccc(Cl)cc2CCc2ccc(F)cc21. The molecule has 3 rings (SSSR count). The molecule has 0 bridgehead atoms. The van der Waals surface area contributed by atoms with Crippen molar-refractivity contribution in [2.24, 2.45) is 0 Å². The van der Waals surface area contributed by atoms with Crippen LogP contribution in [0.1, 0.15) is 11.1 Å². The molecular weight excluding hydrogens is 287 g/mol. The van der Waals surface area contributed by atoms with Crippen LogP contribution in [-0.4, -0.2) is 8.42 Å². The number of hydrogen-bond acceptors (Lipinski definition) is 2. The molecule has 0 saturated heterocycles. The maximum Gasteiger partial charge on any atom is 0.207 e. The molecular formula is C14H10ClFO2S. The molecule has 0 radical (unpaired) electrons. The van der Waals surface area contributed by atoms with Gasteiger partial charge in [-0.2, -0.15) is 0 Å². The molecule has 0 aliphatic carbocycles. The molecule has 0 fully saturated rings. The van der Waals surface area contributed by atoms with Crippen LogP contribution in [0.15, 0.2) is 46.2 Å². The molecule has 2 aromatic carbocycles. The van der Waals surface area contributed by atoms with E-state index in [1.165, 1.54) is 18.2 Å². The van der Waals surface area contributed by atoms with Crippen LogP contribution in [0, 0.1) is 5.82 Å². The fraction of sp³-hybridized carbons (Fsp3) is 0.143. The largest absolute Gasteiger partial charge is 0.218 e. The van der Waals surface area contributed by atoms with Gasteiger partial charge in [-0.3, -0.25) is 0 Å². The molecule has 2 nitrogen and oxygen atoms in total. The minimum atomic E-state index is -3.68. The maximum atomic E-state index is 13.3. The molecule has 0 aromatic heterocycles. The Hall–Kier alpha value is -1.39. The van der Waals surface area contributed by atoms with Crippen molar-refractivity contribution >= 4 is 21.4 Å². The van der Waals surface area contributed by atoms with Crippen molar-refractivity contribution in [2.75, 3.05) is 0 Å². The van der Waals surface area contributed by atoms with Crippen molar-refractivity contribution in [1.82, 2.24) is 0 Å². The summed E-state index contributed by atoms with van der Waals surface area (Å²) in [4.78, 5) is 0.287. The molecule has 0 atom stereocenters. The van der Waals surface area contributed by atoms with Gasteiger partial charge in [0.05, 0.1) is 9.79 Å². The smallest absolute Gasteiger partial charge is 0.207 e. The first-order chi connectivity index (χ1) is 8.98. The Kier molecular flexibility index (Phi) is 2.87. The van der Waals surface area contributed by atoms with Gasteiger partial charge in [-0.25, -0.2) is 12.8 Å². The summed E-state index contributed by atoms with van der Waals surface area (Å²) in [6, 6.07) is 8.62. The van der Waals surface area contributed by atoms with E-state index in [0.29, 0.717) is 29.0 Å². The minimum absolute atomic E-state index is 0.0635. The maximum absolute atomic E-state index is 13.3. The van der Waals surface area contributed by atoms with E-state index in [-0.39, 0.29) is 9.79 Å². The number of rotatable bonds is 0. The van der Waals surface area contributed by atoms with Gasteiger partial charge in [0.1, 0.15) is 5.82 Å². The number of sulfone groups is 1. The zero-order chi connectivity index (χ0) is 13.6. The van der Waals surface area contributed by atoms with Crippen LogP contribution < -0.4 is 0 Å². The first-order valence-corrected chi connectivity index (χ1v) is 7.66. The lowest BCUT2D eigenvalue weighted by molar-refractivity contribution is 0.590. The predicted molar refractivity (Wildman–Crippen MR) is 70.7 cm³/mol. The Labute approximate surface area is 115 Å². The lowest BCUT2D eigenvalue weighted by Gasteiger charge is -2.08. The average molecular weight is 297 g/mol. The van der Waals surface area contributed by atoms with Gasteiger partial charge >= 0.3 is 0 Å². The number of benzene rings is 2. The van der Waals surface area contributed by atoms with E-state index in [1.807, 2.05) is 0 Å². The Morgan fingerprint density at radius 1 is 0.947 bits per heavy atom. The first kappa shape index (κ1) is 12.6. The van der Waals surface area contributed by atoms with Gasteiger partial charge in [-0.1, -0.05) is 17.7 Å². The van der Waals surface area contributed by atoms with Gasteiger partial charge in [0.25, 0.3) is 0 Å². The Balaban J connectivity index is 2.33. The zero-order valence-electron chi connectivity index (χ0n) is 9.86. The molecule has 0 spiro atoms. The van der Waals surface area contributed by atoms with E-state index in [2.05, 4.69) is 0 Å².